The maximum Gasteiger partial charge on any atom is 0.338 e. The first-order valence-electron chi connectivity index (χ1n) is 16.7. The number of carbonyl (C=O) groups is 4. The average molecular weight is 800 g/mol. The van der Waals surface area contributed by atoms with Gasteiger partial charge in [-0.2, -0.15) is 0 Å². The molecule has 7 rings (SSSR count). The molecule has 0 fully saturated rings. The second-order valence-electron chi connectivity index (χ2n) is 12.5. The first-order valence-corrected chi connectivity index (χ1v) is 18.3. The summed E-state index contributed by atoms with van der Waals surface area (Å²) in [7, 11) is 0. The highest BCUT2D eigenvalue weighted by atomic mass is 79.9. The standard InChI is InChI=1S/C40H33Br2NO7/c1-3-5-17-49-39(47)26-14-12-24-33-29(41)19-27-31-25(37(45)43(38(27)46)16-15-21-7-9-22(44)10-8-21)13-11-23(35(31)33)34-30(42)20-28(32(26)36(24)34)40(48)50-18-6-4-2/h7-14,19-20,44H,3-6,15-18H2,1-2H3. The number of aromatic hydroxyl groups is 1. The molecule has 1 aliphatic heterocycles. The van der Waals surface area contributed by atoms with E-state index < -0.39 is 17.8 Å². The van der Waals surface area contributed by atoms with E-state index >= 15 is 0 Å². The van der Waals surface area contributed by atoms with Crippen molar-refractivity contribution in [3.63, 3.8) is 0 Å². The van der Waals surface area contributed by atoms with Gasteiger partial charge < -0.3 is 14.6 Å². The zero-order valence-corrected chi connectivity index (χ0v) is 30.7. The minimum Gasteiger partial charge on any atom is -0.508 e. The fourth-order valence-corrected chi connectivity index (χ4v) is 8.23. The van der Waals surface area contributed by atoms with Crippen molar-refractivity contribution < 1.29 is 33.8 Å². The van der Waals surface area contributed by atoms with Gasteiger partial charge in [0.15, 0.2) is 0 Å². The van der Waals surface area contributed by atoms with Crippen molar-refractivity contribution in [2.24, 2.45) is 0 Å². The predicted molar refractivity (Wildman–Crippen MR) is 201 cm³/mol. The van der Waals surface area contributed by atoms with Crippen molar-refractivity contribution in [1.82, 2.24) is 4.90 Å². The van der Waals surface area contributed by atoms with Crippen molar-refractivity contribution in [2.45, 2.75) is 46.0 Å². The van der Waals surface area contributed by atoms with Crippen LogP contribution in [0.25, 0.3) is 43.1 Å². The van der Waals surface area contributed by atoms with Gasteiger partial charge in [-0.05, 0) is 72.0 Å². The van der Waals surface area contributed by atoms with E-state index in [-0.39, 0.29) is 42.5 Å². The van der Waals surface area contributed by atoms with Crippen molar-refractivity contribution >= 4 is 98.7 Å². The van der Waals surface area contributed by atoms with Gasteiger partial charge in [0.1, 0.15) is 5.75 Å². The Morgan fingerprint density at radius 3 is 1.86 bits per heavy atom. The summed E-state index contributed by atoms with van der Waals surface area (Å²) in [6.07, 6.45) is 3.57. The molecule has 254 valence electrons. The summed E-state index contributed by atoms with van der Waals surface area (Å²) in [4.78, 5) is 56.6. The lowest BCUT2D eigenvalue weighted by Crippen LogP contribution is -2.41. The Balaban J connectivity index is 1.46. The fraction of sp³-hybridized carbons (Fsp3) is 0.250. The van der Waals surface area contributed by atoms with Crippen molar-refractivity contribution in [1.29, 1.82) is 0 Å². The Bertz CT molecular complexity index is 2370. The summed E-state index contributed by atoms with van der Waals surface area (Å²) in [6, 6.07) is 17.3. The predicted octanol–water partition coefficient (Wildman–Crippen LogP) is 9.72. The normalized spacial score (nSPS) is 12.9. The van der Waals surface area contributed by atoms with E-state index in [0.29, 0.717) is 55.5 Å². The van der Waals surface area contributed by atoms with E-state index in [1.807, 2.05) is 26.0 Å². The van der Waals surface area contributed by atoms with Gasteiger partial charge in [-0.3, -0.25) is 14.5 Å². The highest BCUT2D eigenvalue weighted by Gasteiger charge is 2.35. The molecule has 0 radical (unpaired) electrons. The number of nitrogens with zero attached hydrogens (tertiary/aromatic N) is 1. The molecule has 1 N–H and O–H groups in total. The number of benzene rings is 6. The third-order valence-corrected chi connectivity index (χ3v) is 10.7. The third kappa shape index (κ3) is 5.58. The summed E-state index contributed by atoms with van der Waals surface area (Å²) in [5, 5.41) is 15.1. The maximum absolute atomic E-state index is 14.1. The number of imide groups is 1. The van der Waals surface area contributed by atoms with Crippen molar-refractivity contribution in [2.75, 3.05) is 19.8 Å². The molecule has 0 saturated carbocycles. The Morgan fingerprint density at radius 1 is 0.660 bits per heavy atom. The molecular weight excluding hydrogens is 766 g/mol. The van der Waals surface area contributed by atoms with E-state index in [4.69, 9.17) is 9.47 Å². The number of halogens is 2. The van der Waals surface area contributed by atoms with Crippen LogP contribution in [0, 0.1) is 0 Å². The summed E-state index contributed by atoms with van der Waals surface area (Å²) >= 11 is 7.52. The molecule has 0 spiro atoms. The number of ether oxygens (including phenoxy) is 2. The van der Waals surface area contributed by atoms with Crippen LogP contribution in [0.15, 0.2) is 69.6 Å². The number of hydrogen-bond donors (Lipinski definition) is 1. The van der Waals surface area contributed by atoms with Crippen LogP contribution in [-0.4, -0.2) is 53.5 Å². The summed E-state index contributed by atoms with van der Waals surface area (Å²) in [6.45, 7) is 4.71. The first-order chi connectivity index (χ1) is 24.2. The largest absolute Gasteiger partial charge is 0.508 e. The van der Waals surface area contributed by atoms with Gasteiger partial charge in [-0.25, -0.2) is 9.59 Å². The maximum atomic E-state index is 14.1. The first kappa shape index (κ1) is 33.9. The minimum atomic E-state index is -0.538. The average Bonchev–Trinajstić information content (AvgIpc) is 3.11. The highest BCUT2D eigenvalue weighted by molar-refractivity contribution is 9.11. The molecule has 1 heterocycles. The Kier molecular flexibility index (Phi) is 9.26. The number of esters is 2. The van der Waals surface area contributed by atoms with Crippen LogP contribution < -0.4 is 0 Å². The van der Waals surface area contributed by atoms with E-state index in [0.717, 1.165) is 45.3 Å². The van der Waals surface area contributed by atoms with Gasteiger partial charge in [0.25, 0.3) is 11.8 Å². The van der Waals surface area contributed by atoms with Crippen molar-refractivity contribution in [3.8, 4) is 5.75 Å². The summed E-state index contributed by atoms with van der Waals surface area (Å²) in [5.74, 6) is -1.70. The van der Waals surface area contributed by atoms with E-state index in [1.54, 1.807) is 48.5 Å². The molecule has 6 aromatic rings. The molecule has 0 aliphatic carbocycles. The van der Waals surface area contributed by atoms with E-state index in [1.165, 1.54) is 4.90 Å². The highest BCUT2D eigenvalue weighted by Crippen LogP contribution is 2.49. The van der Waals surface area contributed by atoms with Crippen LogP contribution in [0.5, 0.6) is 5.75 Å². The smallest absolute Gasteiger partial charge is 0.338 e. The second-order valence-corrected chi connectivity index (χ2v) is 14.2. The SMILES string of the molecule is CCCCOC(=O)c1ccc2c3c(Br)cc4c5c(ccc(c6c(Br)cc(C(=O)OCCCC)c1c26)c53)C(=O)N(CCc1ccc(O)cc1)C4=O. The van der Waals surface area contributed by atoms with Gasteiger partial charge in [-0.1, -0.05) is 82.8 Å². The van der Waals surface area contributed by atoms with Gasteiger partial charge in [0, 0.05) is 58.9 Å². The molecule has 0 bridgehead atoms. The number of hydrogen-bond acceptors (Lipinski definition) is 7. The lowest BCUT2D eigenvalue weighted by atomic mass is 9.83. The van der Waals surface area contributed by atoms with Crippen LogP contribution >= 0.6 is 31.9 Å². The Hall–Kier alpha value is -4.54. The molecule has 8 nitrogen and oxygen atoms in total. The number of amides is 2. The van der Waals surface area contributed by atoms with Gasteiger partial charge in [0.2, 0.25) is 0 Å². The van der Waals surface area contributed by atoms with Gasteiger partial charge in [0.05, 0.1) is 24.3 Å². The molecule has 0 aromatic heterocycles. The molecule has 1 aliphatic rings. The Morgan fingerprint density at radius 2 is 1.22 bits per heavy atom. The number of unbranched alkanes of at least 4 members (excludes halogenated alkanes) is 2. The molecule has 0 unspecified atom stereocenters. The molecule has 50 heavy (non-hydrogen) atoms. The molecule has 6 aromatic carbocycles. The van der Waals surface area contributed by atoms with E-state index in [9.17, 15) is 24.3 Å². The zero-order valence-electron chi connectivity index (χ0n) is 27.5. The third-order valence-electron chi connectivity index (χ3n) is 9.42. The quantitative estimate of drug-likeness (QED) is 0.0457. The minimum absolute atomic E-state index is 0.146. The number of phenols is 1. The zero-order chi connectivity index (χ0) is 35.3. The summed E-state index contributed by atoms with van der Waals surface area (Å²) in [5.41, 5.74) is 2.21. The number of fused-ring (bicyclic) bond motifs is 2. The molecule has 0 atom stereocenters. The second kappa shape index (κ2) is 13.6. The van der Waals surface area contributed by atoms with Gasteiger partial charge >= 0.3 is 11.9 Å². The monoisotopic (exact) mass is 797 g/mol. The Labute approximate surface area is 304 Å². The van der Waals surface area contributed by atoms with Gasteiger partial charge in [-0.15, -0.1) is 0 Å². The van der Waals surface area contributed by atoms with Crippen LogP contribution in [0.2, 0.25) is 0 Å². The number of phenolic OH excluding ortho intramolecular Hbond substituents is 1. The molecular formula is C40H33Br2NO7. The topological polar surface area (TPSA) is 110 Å². The van der Waals surface area contributed by atoms with Crippen LogP contribution in [0.1, 0.15) is 86.5 Å². The fourth-order valence-electron chi connectivity index (χ4n) is 6.95. The summed E-state index contributed by atoms with van der Waals surface area (Å²) < 4.78 is 12.6. The lowest BCUT2D eigenvalue weighted by molar-refractivity contribution is 0.0500. The van der Waals surface area contributed by atoms with Crippen LogP contribution in [0.4, 0.5) is 0 Å². The van der Waals surface area contributed by atoms with Crippen LogP contribution in [-0.2, 0) is 15.9 Å². The van der Waals surface area contributed by atoms with Crippen LogP contribution in [0.3, 0.4) is 0 Å². The molecule has 0 saturated heterocycles. The molecule has 10 heteroatoms. The lowest BCUT2D eigenvalue weighted by Gasteiger charge is -2.29. The number of carbonyl (C=O) groups excluding carboxylic acids is 4. The van der Waals surface area contributed by atoms with E-state index in [2.05, 4.69) is 31.9 Å². The van der Waals surface area contributed by atoms with Crippen molar-refractivity contribution in [3.05, 3.63) is 97.4 Å². The number of rotatable bonds is 11. The molecule has 2 amide bonds.